The van der Waals surface area contributed by atoms with Gasteiger partial charge in [-0.3, -0.25) is 4.84 Å². The van der Waals surface area contributed by atoms with Crippen LogP contribution in [0.5, 0.6) is 0 Å². The van der Waals surface area contributed by atoms with Crippen LogP contribution in [0, 0.1) is 0 Å². The summed E-state index contributed by atoms with van der Waals surface area (Å²) in [6.45, 7) is 0. The van der Waals surface area contributed by atoms with Crippen molar-refractivity contribution in [2.45, 2.75) is 18.6 Å². The molecule has 3 rings (SSSR count). The first kappa shape index (κ1) is 11.5. The maximum atomic E-state index is 5.95. The van der Waals surface area contributed by atoms with Gasteiger partial charge in [0, 0.05) is 13.5 Å². The predicted octanol–water partition coefficient (Wildman–Crippen LogP) is 3.74. The second kappa shape index (κ2) is 4.92. The maximum absolute atomic E-state index is 5.95. The van der Waals surface area contributed by atoms with Gasteiger partial charge in [0.05, 0.1) is 6.04 Å². The van der Waals surface area contributed by atoms with Crippen LogP contribution < -0.4 is 0 Å². The van der Waals surface area contributed by atoms with Crippen molar-refractivity contribution in [1.82, 2.24) is 5.06 Å². The van der Waals surface area contributed by atoms with E-state index in [1.165, 1.54) is 11.1 Å². The highest BCUT2D eigenvalue weighted by atomic mass is 16.7. The van der Waals surface area contributed by atoms with Crippen LogP contribution in [0.2, 0.25) is 0 Å². The molecular weight excluding hydrogens is 222 g/mol. The SMILES string of the molecule is CN1O[C@@H](c2ccccc2)C[C@H]1c1ccccc1. The molecule has 0 N–H and O–H groups in total. The number of rotatable bonds is 2. The second-order valence-corrected chi connectivity index (χ2v) is 4.71. The number of hydroxylamine groups is 2. The van der Waals surface area contributed by atoms with Gasteiger partial charge in [0.1, 0.15) is 6.10 Å². The third-order valence-corrected chi connectivity index (χ3v) is 3.53. The zero-order chi connectivity index (χ0) is 12.4. The van der Waals surface area contributed by atoms with Gasteiger partial charge in [-0.15, -0.1) is 0 Å². The zero-order valence-corrected chi connectivity index (χ0v) is 10.5. The molecule has 1 saturated heterocycles. The molecule has 2 aromatic carbocycles. The Morgan fingerprint density at radius 3 is 2.06 bits per heavy atom. The summed E-state index contributed by atoms with van der Waals surface area (Å²) in [5.41, 5.74) is 2.57. The first-order chi connectivity index (χ1) is 8.84. The summed E-state index contributed by atoms with van der Waals surface area (Å²) in [4.78, 5) is 5.95. The van der Waals surface area contributed by atoms with Crippen LogP contribution in [-0.4, -0.2) is 12.1 Å². The van der Waals surface area contributed by atoms with Crippen molar-refractivity contribution in [3.05, 3.63) is 71.8 Å². The molecule has 0 unspecified atom stereocenters. The van der Waals surface area contributed by atoms with E-state index >= 15 is 0 Å². The van der Waals surface area contributed by atoms with E-state index in [1.54, 1.807) is 0 Å². The molecule has 1 aliphatic heterocycles. The molecule has 0 spiro atoms. The Morgan fingerprint density at radius 2 is 1.44 bits per heavy atom. The fourth-order valence-electron chi connectivity index (χ4n) is 2.55. The molecule has 2 aromatic rings. The molecule has 0 aliphatic carbocycles. The highest BCUT2D eigenvalue weighted by molar-refractivity contribution is 5.23. The molecule has 0 saturated carbocycles. The second-order valence-electron chi connectivity index (χ2n) is 4.71. The lowest BCUT2D eigenvalue weighted by Crippen LogP contribution is -2.16. The molecule has 1 aliphatic rings. The number of hydrogen-bond donors (Lipinski definition) is 0. The van der Waals surface area contributed by atoms with E-state index in [1.807, 2.05) is 24.2 Å². The van der Waals surface area contributed by atoms with Crippen LogP contribution in [0.25, 0.3) is 0 Å². The van der Waals surface area contributed by atoms with Crippen molar-refractivity contribution in [2.24, 2.45) is 0 Å². The fraction of sp³-hybridized carbons (Fsp3) is 0.250. The van der Waals surface area contributed by atoms with Crippen LogP contribution >= 0.6 is 0 Å². The molecule has 92 valence electrons. The molecule has 2 nitrogen and oxygen atoms in total. The van der Waals surface area contributed by atoms with E-state index in [9.17, 15) is 0 Å². The maximum Gasteiger partial charge on any atom is 0.106 e. The third-order valence-electron chi connectivity index (χ3n) is 3.53. The molecule has 18 heavy (non-hydrogen) atoms. The summed E-state index contributed by atoms with van der Waals surface area (Å²) in [6.07, 6.45) is 1.17. The van der Waals surface area contributed by atoms with E-state index in [0.717, 1.165) is 6.42 Å². The summed E-state index contributed by atoms with van der Waals surface area (Å²) in [5.74, 6) is 0. The lowest BCUT2D eigenvalue weighted by atomic mass is 9.98. The topological polar surface area (TPSA) is 12.5 Å². The van der Waals surface area contributed by atoms with Gasteiger partial charge in [-0.25, -0.2) is 0 Å². The van der Waals surface area contributed by atoms with E-state index in [2.05, 4.69) is 48.5 Å². The quantitative estimate of drug-likeness (QED) is 0.791. The van der Waals surface area contributed by atoms with Crippen molar-refractivity contribution in [3.8, 4) is 0 Å². The molecule has 0 amide bonds. The molecule has 0 bridgehead atoms. The van der Waals surface area contributed by atoms with Crippen molar-refractivity contribution in [2.75, 3.05) is 7.05 Å². The first-order valence-corrected chi connectivity index (χ1v) is 6.34. The van der Waals surface area contributed by atoms with Gasteiger partial charge in [0.25, 0.3) is 0 Å². The average Bonchev–Trinajstić information content (AvgIpc) is 2.83. The number of benzene rings is 2. The Morgan fingerprint density at radius 1 is 0.889 bits per heavy atom. The van der Waals surface area contributed by atoms with E-state index < -0.39 is 0 Å². The van der Waals surface area contributed by atoms with Gasteiger partial charge in [-0.1, -0.05) is 60.7 Å². The average molecular weight is 239 g/mol. The Balaban J connectivity index is 1.81. The first-order valence-electron chi connectivity index (χ1n) is 6.34. The summed E-state index contributed by atoms with van der Waals surface area (Å²) in [7, 11) is 2.01. The Bertz CT molecular complexity index is 497. The molecular formula is C16H17NO. The third kappa shape index (κ3) is 2.17. The Hall–Kier alpha value is -1.64. The minimum atomic E-state index is 0.168. The minimum absolute atomic E-state index is 0.168. The molecule has 2 heteroatoms. The summed E-state index contributed by atoms with van der Waals surface area (Å²) < 4.78 is 0. The van der Waals surface area contributed by atoms with E-state index in [-0.39, 0.29) is 6.10 Å². The van der Waals surface area contributed by atoms with Crippen LogP contribution in [-0.2, 0) is 4.84 Å². The standard InChI is InChI=1S/C16H17NO/c1-17-15(13-8-4-2-5-9-13)12-16(18-17)14-10-6-3-7-11-14/h2-11,15-16H,12H2,1H3/t15-,16+/m0/s1. The van der Waals surface area contributed by atoms with Crippen molar-refractivity contribution in [3.63, 3.8) is 0 Å². The fourth-order valence-corrected chi connectivity index (χ4v) is 2.55. The highest BCUT2D eigenvalue weighted by Crippen LogP contribution is 2.40. The number of hydrogen-bond acceptors (Lipinski definition) is 2. The van der Waals surface area contributed by atoms with Gasteiger partial charge in [0.15, 0.2) is 0 Å². The van der Waals surface area contributed by atoms with Crippen LogP contribution in [0.1, 0.15) is 29.7 Å². The normalized spacial score (nSPS) is 24.3. The largest absolute Gasteiger partial charge is 0.291 e. The molecule has 2 atom stereocenters. The van der Waals surface area contributed by atoms with Crippen LogP contribution in [0.15, 0.2) is 60.7 Å². The van der Waals surface area contributed by atoms with Gasteiger partial charge in [-0.2, -0.15) is 5.06 Å². The zero-order valence-electron chi connectivity index (χ0n) is 10.5. The van der Waals surface area contributed by atoms with Crippen LogP contribution in [0.3, 0.4) is 0 Å². The van der Waals surface area contributed by atoms with Gasteiger partial charge in [0.2, 0.25) is 0 Å². The summed E-state index contributed by atoms with van der Waals surface area (Å²) in [5, 5.41) is 1.98. The highest BCUT2D eigenvalue weighted by Gasteiger charge is 2.32. The molecule has 1 fully saturated rings. The summed E-state index contributed by atoms with van der Waals surface area (Å²) >= 11 is 0. The smallest absolute Gasteiger partial charge is 0.106 e. The minimum Gasteiger partial charge on any atom is -0.291 e. The van der Waals surface area contributed by atoms with Crippen LogP contribution in [0.4, 0.5) is 0 Å². The van der Waals surface area contributed by atoms with Gasteiger partial charge in [-0.05, 0) is 11.1 Å². The summed E-state index contributed by atoms with van der Waals surface area (Å²) in [6, 6.07) is 21.3. The van der Waals surface area contributed by atoms with E-state index in [4.69, 9.17) is 4.84 Å². The number of nitrogens with zero attached hydrogens (tertiary/aromatic N) is 1. The van der Waals surface area contributed by atoms with Crippen molar-refractivity contribution < 1.29 is 4.84 Å². The van der Waals surface area contributed by atoms with Gasteiger partial charge >= 0.3 is 0 Å². The Labute approximate surface area is 108 Å². The van der Waals surface area contributed by atoms with E-state index in [0.29, 0.717) is 6.04 Å². The predicted molar refractivity (Wildman–Crippen MR) is 71.8 cm³/mol. The lowest BCUT2D eigenvalue weighted by molar-refractivity contribution is -0.145. The monoisotopic (exact) mass is 239 g/mol. The molecule has 0 radical (unpaired) electrons. The molecule has 1 heterocycles. The molecule has 0 aromatic heterocycles. The van der Waals surface area contributed by atoms with Crippen molar-refractivity contribution in [1.29, 1.82) is 0 Å². The Kier molecular flexibility index (Phi) is 3.13. The van der Waals surface area contributed by atoms with Crippen molar-refractivity contribution >= 4 is 0 Å². The van der Waals surface area contributed by atoms with Gasteiger partial charge < -0.3 is 0 Å². The lowest BCUT2D eigenvalue weighted by Gasteiger charge is -2.17.